The van der Waals surface area contributed by atoms with Gasteiger partial charge in [-0.15, -0.1) is 4.67 Å². The van der Waals surface area contributed by atoms with Gasteiger partial charge in [0, 0.05) is 17.6 Å². The second-order valence-corrected chi connectivity index (χ2v) is 3.47. The maximum Gasteiger partial charge on any atom is 0.296 e. The van der Waals surface area contributed by atoms with E-state index in [1.807, 2.05) is 12.4 Å². The molecule has 1 atom stereocenters. The van der Waals surface area contributed by atoms with Crippen LogP contribution >= 0.6 is 0 Å². The lowest BCUT2D eigenvalue weighted by atomic mass is 9.89. The molecule has 0 spiro atoms. The fraction of sp³-hybridized carbons (Fsp3) is 0.231. The van der Waals surface area contributed by atoms with Crippen LogP contribution < -0.4 is 4.67 Å². The highest BCUT2D eigenvalue weighted by atomic mass is 14.5. The van der Waals surface area contributed by atoms with E-state index in [9.17, 15) is 0 Å². The van der Waals surface area contributed by atoms with Gasteiger partial charge in [-0.25, -0.2) is 0 Å². The highest BCUT2D eigenvalue weighted by Crippen LogP contribution is 2.26. The molecule has 1 aromatic rings. The molecule has 1 aromatic carbocycles. The molecule has 1 heteroatoms. The molecule has 0 bridgehead atoms. The Balaban J connectivity index is 2.27. The van der Waals surface area contributed by atoms with Gasteiger partial charge in [-0.1, -0.05) is 37.3 Å². The molecule has 1 aliphatic rings. The maximum atomic E-state index is 4.12. The molecule has 0 N–H and O–H groups in total. The zero-order valence-electron chi connectivity index (χ0n) is 8.35. The summed E-state index contributed by atoms with van der Waals surface area (Å²) in [6.45, 7) is 2.21. The lowest BCUT2D eigenvalue weighted by molar-refractivity contribution is 0.789. The first-order valence-electron chi connectivity index (χ1n) is 5.03. The SMILES string of the molecule is CCC(C1=CC=[N+]=C1)c1ccccc1. The molecule has 14 heavy (non-hydrogen) atoms. The van der Waals surface area contributed by atoms with Gasteiger partial charge in [-0.3, -0.25) is 0 Å². The number of nitrogens with zero attached hydrogens (tertiary/aromatic N) is 1. The molecular weight excluding hydrogens is 170 g/mol. The second kappa shape index (κ2) is 4.08. The molecule has 0 amide bonds. The fourth-order valence-electron chi connectivity index (χ4n) is 1.86. The van der Waals surface area contributed by atoms with Crippen molar-refractivity contribution in [3.8, 4) is 0 Å². The number of allylic oxidation sites excluding steroid dienone is 2. The predicted molar refractivity (Wildman–Crippen MR) is 61.8 cm³/mol. The summed E-state index contributed by atoms with van der Waals surface area (Å²) >= 11 is 0. The van der Waals surface area contributed by atoms with E-state index < -0.39 is 0 Å². The van der Waals surface area contributed by atoms with Gasteiger partial charge in [-0.05, 0) is 12.0 Å². The average molecular weight is 184 g/mol. The largest absolute Gasteiger partial charge is 0.296 e. The van der Waals surface area contributed by atoms with Crippen LogP contribution in [0.1, 0.15) is 24.8 Å². The van der Waals surface area contributed by atoms with E-state index in [1.165, 1.54) is 11.1 Å². The third-order valence-corrected chi connectivity index (χ3v) is 2.59. The second-order valence-electron chi connectivity index (χ2n) is 3.47. The molecule has 0 saturated carbocycles. The molecule has 0 aromatic heterocycles. The van der Waals surface area contributed by atoms with Crippen molar-refractivity contribution in [1.29, 1.82) is 0 Å². The number of benzene rings is 1. The minimum Gasteiger partial charge on any atom is -0.101 e. The van der Waals surface area contributed by atoms with Crippen LogP contribution in [-0.2, 0) is 0 Å². The Morgan fingerprint density at radius 3 is 2.57 bits per heavy atom. The Labute approximate surface area is 84.5 Å². The van der Waals surface area contributed by atoms with Crippen molar-refractivity contribution in [3.63, 3.8) is 0 Å². The van der Waals surface area contributed by atoms with Gasteiger partial charge in [0.15, 0.2) is 0 Å². The molecule has 1 nitrogen and oxygen atoms in total. The van der Waals surface area contributed by atoms with E-state index >= 15 is 0 Å². The lowest BCUT2D eigenvalue weighted by Crippen LogP contribution is -2.01. The van der Waals surface area contributed by atoms with E-state index in [0.717, 1.165) is 6.42 Å². The van der Waals surface area contributed by atoms with Gasteiger partial charge in [0.2, 0.25) is 0 Å². The minimum atomic E-state index is 0.499. The maximum absolute atomic E-state index is 4.12. The zero-order valence-corrected chi connectivity index (χ0v) is 8.35. The van der Waals surface area contributed by atoms with Gasteiger partial charge in [-0.2, -0.15) is 0 Å². The average Bonchev–Trinajstić information content (AvgIpc) is 2.74. The molecule has 0 fully saturated rings. The van der Waals surface area contributed by atoms with E-state index in [4.69, 9.17) is 0 Å². The van der Waals surface area contributed by atoms with Crippen LogP contribution in [0.25, 0.3) is 0 Å². The molecule has 0 saturated heterocycles. The summed E-state index contributed by atoms with van der Waals surface area (Å²) in [5.41, 5.74) is 2.70. The van der Waals surface area contributed by atoms with Crippen LogP contribution in [0.5, 0.6) is 0 Å². The highest BCUT2D eigenvalue weighted by molar-refractivity contribution is 5.94. The molecule has 70 valence electrons. The highest BCUT2D eigenvalue weighted by Gasteiger charge is 2.18. The summed E-state index contributed by atoms with van der Waals surface area (Å²) in [4.78, 5) is 0. The topological polar surface area (TPSA) is 14.1 Å². The number of hydrogen-bond donors (Lipinski definition) is 0. The monoisotopic (exact) mass is 184 g/mol. The van der Waals surface area contributed by atoms with Gasteiger partial charge >= 0.3 is 0 Å². The van der Waals surface area contributed by atoms with Crippen molar-refractivity contribution in [2.24, 2.45) is 0 Å². The Morgan fingerprint density at radius 1 is 1.21 bits per heavy atom. The first kappa shape index (κ1) is 8.98. The van der Waals surface area contributed by atoms with Crippen LogP contribution in [0.3, 0.4) is 0 Å². The van der Waals surface area contributed by atoms with Crippen molar-refractivity contribution < 1.29 is 0 Å². The standard InChI is InChI=1S/C13H14N/c1-2-13(12-8-9-14-10-12)11-6-4-3-5-7-11/h3-10,13H,2H2,1H3/q+1. The normalized spacial score (nSPS) is 15.6. The Hall–Kier alpha value is -1.59. The first-order valence-corrected chi connectivity index (χ1v) is 5.03. The molecule has 1 heterocycles. The quantitative estimate of drug-likeness (QED) is 0.640. The van der Waals surface area contributed by atoms with Crippen molar-refractivity contribution in [1.82, 2.24) is 4.67 Å². The predicted octanol–water partition coefficient (Wildman–Crippen LogP) is 2.33. The fourth-order valence-corrected chi connectivity index (χ4v) is 1.86. The van der Waals surface area contributed by atoms with E-state index in [0.29, 0.717) is 5.92 Å². The molecule has 2 rings (SSSR count). The Morgan fingerprint density at radius 2 is 2.00 bits per heavy atom. The summed E-state index contributed by atoms with van der Waals surface area (Å²) < 4.78 is 4.12. The van der Waals surface area contributed by atoms with Crippen molar-refractivity contribution >= 4 is 12.4 Å². The molecular formula is C13H14N+. The minimum absolute atomic E-state index is 0.499. The summed E-state index contributed by atoms with van der Waals surface area (Å²) in [5, 5.41) is 0. The first-order chi connectivity index (χ1) is 6.92. The van der Waals surface area contributed by atoms with E-state index in [2.05, 4.69) is 48.0 Å². The van der Waals surface area contributed by atoms with Crippen molar-refractivity contribution in [3.05, 3.63) is 47.5 Å². The van der Waals surface area contributed by atoms with E-state index in [-0.39, 0.29) is 0 Å². The van der Waals surface area contributed by atoms with Crippen LogP contribution in [0, 0.1) is 0 Å². The third kappa shape index (κ3) is 1.68. The Kier molecular flexibility index (Phi) is 2.62. The lowest BCUT2D eigenvalue weighted by Gasteiger charge is -2.12. The van der Waals surface area contributed by atoms with Gasteiger partial charge in [0.25, 0.3) is 12.4 Å². The van der Waals surface area contributed by atoms with Crippen molar-refractivity contribution in [2.45, 2.75) is 19.3 Å². The Bertz CT molecular complexity index is 395. The van der Waals surface area contributed by atoms with Gasteiger partial charge < -0.3 is 0 Å². The summed E-state index contributed by atoms with van der Waals surface area (Å²) in [7, 11) is 0. The van der Waals surface area contributed by atoms with Crippen LogP contribution in [0.4, 0.5) is 0 Å². The molecule has 0 radical (unpaired) electrons. The van der Waals surface area contributed by atoms with E-state index in [1.54, 1.807) is 0 Å². The van der Waals surface area contributed by atoms with Gasteiger partial charge in [0.1, 0.15) is 0 Å². The van der Waals surface area contributed by atoms with Gasteiger partial charge in [0.05, 0.1) is 0 Å². The summed E-state index contributed by atoms with van der Waals surface area (Å²) in [6.07, 6.45) is 7.04. The zero-order chi connectivity index (χ0) is 9.80. The molecule has 1 aliphatic heterocycles. The summed E-state index contributed by atoms with van der Waals surface area (Å²) in [6, 6.07) is 10.6. The molecule has 0 aliphatic carbocycles. The smallest absolute Gasteiger partial charge is 0.101 e. The third-order valence-electron chi connectivity index (χ3n) is 2.59. The van der Waals surface area contributed by atoms with Crippen LogP contribution in [0.2, 0.25) is 0 Å². The van der Waals surface area contributed by atoms with Crippen LogP contribution in [-0.4, -0.2) is 12.4 Å². The number of hydrogen-bond acceptors (Lipinski definition) is 0. The van der Waals surface area contributed by atoms with Crippen molar-refractivity contribution in [2.75, 3.05) is 0 Å². The molecule has 1 unspecified atom stereocenters. The van der Waals surface area contributed by atoms with Crippen LogP contribution in [0.15, 0.2) is 42.0 Å². The summed E-state index contributed by atoms with van der Waals surface area (Å²) in [5.74, 6) is 0.499. The number of rotatable bonds is 3.